The quantitative estimate of drug-likeness (QED) is 0.643. The van der Waals surface area contributed by atoms with Crippen molar-refractivity contribution < 1.29 is 4.79 Å². The molecule has 88 valence electrons. The van der Waals surface area contributed by atoms with Crippen LogP contribution in [0.15, 0.2) is 0 Å². The molecule has 0 saturated heterocycles. The van der Waals surface area contributed by atoms with Crippen LogP contribution in [0.1, 0.15) is 45.4 Å². The zero-order valence-corrected chi connectivity index (χ0v) is 9.80. The molecule has 1 unspecified atom stereocenters. The fraction of sp³-hybridized carbons (Fsp3) is 0.917. The molecule has 1 aliphatic rings. The first kappa shape index (κ1) is 12.5. The van der Waals surface area contributed by atoms with Gasteiger partial charge in [-0.1, -0.05) is 13.3 Å². The first-order valence-corrected chi connectivity index (χ1v) is 6.23. The van der Waals surface area contributed by atoms with E-state index in [-0.39, 0.29) is 5.91 Å². The normalized spacial score (nSPS) is 17.5. The second-order valence-corrected chi connectivity index (χ2v) is 4.68. The highest BCUT2D eigenvalue weighted by Crippen LogP contribution is 2.32. The highest BCUT2D eigenvalue weighted by atomic mass is 16.1. The summed E-state index contributed by atoms with van der Waals surface area (Å²) in [5, 5.41) is 3.03. The van der Waals surface area contributed by atoms with E-state index in [2.05, 4.69) is 12.2 Å². The predicted octanol–water partition coefficient (Wildman–Crippen LogP) is 1.67. The van der Waals surface area contributed by atoms with Gasteiger partial charge in [-0.2, -0.15) is 0 Å². The van der Waals surface area contributed by atoms with Crippen molar-refractivity contribution in [2.45, 2.75) is 45.4 Å². The number of rotatable bonds is 8. The Balaban J connectivity index is 2.10. The number of carbonyl (C=O) groups excluding carboxylic acids is 1. The van der Waals surface area contributed by atoms with Crippen LogP contribution in [-0.2, 0) is 4.79 Å². The minimum absolute atomic E-state index is 0.232. The van der Waals surface area contributed by atoms with Gasteiger partial charge in [0.05, 0.1) is 0 Å². The summed E-state index contributed by atoms with van der Waals surface area (Å²) in [5.41, 5.74) is 5.54. The van der Waals surface area contributed by atoms with E-state index in [1.807, 2.05) is 0 Å². The zero-order valence-electron chi connectivity index (χ0n) is 9.80. The lowest BCUT2D eigenvalue weighted by Crippen LogP contribution is -2.30. The van der Waals surface area contributed by atoms with Gasteiger partial charge < -0.3 is 11.1 Å². The molecule has 1 rings (SSSR count). The van der Waals surface area contributed by atoms with Crippen molar-refractivity contribution in [1.82, 2.24) is 5.32 Å². The van der Waals surface area contributed by atoms with Crippen molar-refractivity contribution in [3.63, 3.8) is 0 Å². The third-order valence-corrected chi connectivity index (χ3v) is 3.03. The Labute approximate surface area is 92.8 Å². The highest BCUT2D eigenvalue weighted by molar-refractivity contribution is 5.76. The molecule has 1 aliphatic carbocycles. The molecule has 0 aromatic heterocycles. The third-order valence-electron chi connectivity index (χ3n) is 3.03. The number of nitrogens with one attached hydrogen (secondary N) is 1. The van der Waals surface area contributed by atoms with Crippen LogP contribution >= 0.6 is 0 Å². The van der Waals surface area contributed by atoms with E-state index in [0.29, 0.717) is 11.8 Å². The van der Waals surface area contributed by atoms with E-state index in [0.717, 1.165) is 25.9 Å². The van der Waals surface area contributed by atoms with E-state index in [4.69, 9.17) is 5.73 Å². The lowest BCUT2D eigenvalue weighted by molar-refractivity contribution is -0.121. The van der Waals surface area contributed by atoms with Crippen molar-refractivity contribution in [3.8, 4) is 0 Å². The van der Waals surface area contributed by atoms with Crippen LogP contribution in [0, 0.1) is 11.8 Å². The van der Waals surface area contributed by atoms with Crippen LogP contribution in [0.4, 0.5) is 0 Å². The van der Waals surface area contributed by atoms with E-state index >= 15 is 0 Å². The summed E-state index contributed by atoms with van der Waals surface area (Å²) in [7, 11) is 0. The molecule has 3 heteroatoms. The first-order chi connectivity index (χ1) is 7.26. The van der Waals surface area contributed by atoms with Gasteiger partial charge >= 0.3 is 0 Å². The van der Waals surface area contributed by atoms with Gasteiger partial charge in [0.25, 0.3) is 0 Å². The van der Waals surface area contributed by atoms with Gasteiger partial charge in [-0.3, -0.25) is 4.79 Å². The fourth-order valence-corrected chi connectivity index (χ4v) is 1.91. The standard InChI is InChI=1S/C12H24N2O/c1-2-3-11(6-7-13)9-14-12(15)8-10-4-5-10/h10-11H,2-9,13H2,1H3,(H,14,15). The van der Waals surface area contributed by atoms with Crippen molar-refractivity contribution in [3.05, 3.63) is 0 Å². The van der Waals surface area contributed by atoms with Gasteiger partial charge in [0.15, 0.2) is 0 Å². The molecule has 1 atom stereocenters. The van der Waals surface area contributed by atoms with Crippen LogP contribution in [0.5, 0.6) is 0 Å². The maximum atomic E-state index is 11.5. The minimum atomic E-state index is 0.232. The summed E-state index contributed by atoms with van der Waals surface area (Å²) in [4.78, 5) is 11.5. The second-order valence-electron chi connectivity index (χ2n) is 4.68. The Morgan fingerprint density at radius 1 is 1.47 bits per heavy atom. The number of hydrogen-bond acceptors (Lipinski definition) is 2. The second kappa shape index (κ2) is 6.83. The summed E-state index contributed by atoms with van der Waals surface area (Å²) >= 11 is 0. The average Bonchev–Trinajstić information content (AvgIpc) is 2.99. The van der Waals surface area contributed by atoms with Crippen molar-refractivity contribution in [2.24, 2.45) is 17.6 Å². The Morgan fingerprint density at radius 3 is 2.73 bits per heavy atom. The molecule has 15 heavy (non-hydrogen) atoms. The number of carbonyl (C=O) groups is 1. The van der Waals surface area contributed by atoms with Crippen molar-refractivity contribution >= 4 is 5.91 Å². The van der Waals surface area contributed by atoms with Crippen LogP contribution in [0.25, 0.3) is 0 Å². The monoisotopic (exact) mass is 212 g/mol. The first-order valence-electron chi connectivity index (χ1n) is 6.23. The van der Waals surface area contributed by atoms with E-state index in [1.165, 1.54) is 25.7 Å². The molecule has 3 nitrogen and oxygen atoms in total. The summed E-state index contributed by atoms with van der Waals surface area (Å²) in [6, 6.07) is 0. The van der Waals surface area contributed by atoms with Gasteiger partial charge in [-0.25, -0.2) is 0 Å². The molecule has 0 aliphatic heterocycles. The van der Waals surface area contributed by atoms with Gasteiger partial charge in [0.1, 0.15) is 0 Å². The molecular formula is C12H24N2O. The molecule has 3 N–H and O–H groups in total. The number of hydrogen-bond donors (Lipinski definition) is 2. The summed E-state index contributed by atoms with van der Waals surface area (Å²) in [6.45, 7) is 3.72. The van der Waals surface area contributed by atoms with Gasteiger partial charge in [-0.05, 0) is 44.1 Å². The Morgan fingerprint density at radius 2 is 2.20 bits per heavy atom. The van der Waals surface area contributed by atoms with Crippen LogP contribution in [0.3, 0.4) is 0 Å². The van der Waals surface area contributed by atoms with Gasteiger partial charge in [0, 0.05) is 13.0 Å². The van der Waals surface area contributed by atoms with Gasteiger partial charge in [-0.15, -0.1) is 0 Å². The molecule has 0 radical (unpaired) electrons. The van der Waals surface area contributed by atoms with E-state index in [1.54, 1.807) is 0 Å². The lowest BCUT2D eigenvalue weighted by Gasteiger charge is -2.15. The predicted molar refractivity (Wildman–Crippen MR) is 62.4 cm³/mol. The molecule has 0 bridgehead atoms. The molecule has 1 saturated carbocycles. The highest BCUT2D eigenvalue weighted by Gasteiger charge is 2.24. The van der Waals surface area contributed by atoms with Crippen LogP contribution < -0.4 is 11.1 Å². The molecule has 1 fully saturated rings. The van der Waals surface area contributed by atoms with Crippen LogP contribution in [-0.4, -0.2) is 19.0 Å². The maximum Gasteiger partial charge on any atom is 0.220 e. The Kier molecular flexibility index (Phi) is 5.69. The lowest BCUT2D eigenvalue weighted by atomic mass is 10.00. The summed E-state index contributed by atoms with van der Waals surface area (Å²) in [5.74, 6) is 1.49. The summed E-state index contributed by atoms with van der Waals surface area (Å²) in [6.07, 6.45) is 6.59. The maximum absolute atomic E-state index is 11.5. The Hall–Kier alpha value is -0.570. The Bertz CT molecular complexity index is 184. The topological polar surface area (TPSA) is 55.1 Å². The molecule has 0 aromatic rings. The van der Waals surface area contributed by atoms with E-state index in [9.17, 15) is 4.79 Å². The van der Waals surface area contributed by atoms with Crippen molar-refractivity contribution in [1.29, 1.82) is 0 Å². The molecule has 0 heterocycles. The third kappa shape index (κ3) is 5.78. The molecular weight excluding hydrogens is 188 g/mol. The SMILES string of the molecule is CCCC(CCN)CNC(=O)CC1CC1. The van der Waals surface area contributed by atoms with Crippen molar-refractivity contribution in [2.75, 3.05) is 13.1 Å². The van der Waals surface area contributed by atoms with Crippen LogP contribution in [0.2, 0.25) is 0 Å². The fourth-order valence-electron chi connectivity index (χ4n) is 1.91. The molecule has 1 amide bonds. The zero-order chi connectivity index (χ0) is 11.1. The summed E-state index contributed by atoms with van der Waals surface area (Å²) < 4.78 is 0. The van der Waals surface area contributed by atoms with E-state index < -0.39 is 0 Å². The number of amides is 1. The average molecular weight is 212 g/mol. The molecule has 0 aromatic carbocycles. The number of nitrogens with two attached hydrogens (primary N) is 1. The smallest absolute Gasteiger partial charge is 0.220 e. The largest absolute Gasteiger partial charge is 0.356 e. The molecule has 0 spiro atoms. The van der Waals surface area contributed by atoms with Gasteiger partial charge in [0.2, 0.25) is 5.91 Å². The minimum Gasteiger partial charge on any atom is -0.356 e.